The van der Waals surface area contributed by atoms with Crippen LogP contribution < -0.4 is 4.74 Å². The third kappa shape index (κ3) is 3.29. The molecule has 1 atom stereocenters. The van der Waals surface area contributed by atoms with E-state index in [4.69, 9.17) is 4.74 Å². The third-order valence-electron chi connectivity index (χ3n) is 6.83. The van der Waals surface area contributed by atoms with Gasteiger partial charge in [-0.25, -0.2) is 0 Å². The van der Waals surface area contributed by atoms with Crippen molar-refractivity contribution in [1.82, 2.24) is 29.7 Å². The zero-order valence-electron chi connectivity index (χ0n) is 19.9. The molecule has 1 amide bonds. The molecule has 0 unspecified atom stereocenters. The molecule has 1 aromatic carbocycles. The molecule has 0 spiro atoms. The van der Waals surface area contributed by atoms with Gasteiger partial charge in [-0.2, -0.15) is 10.1 Å². The SMILES string of the molecule is C=C(C)Cc1cc(C(=O)N2CC[C@]2(C)C#N)n2c1-c1cc(-c3nnn(C)n3)c(OC)cc1CC2. The number of hydrogen-bond acceptors (Lipinski definition) is 6. The second kappa shape index (κ2) is 7.83. The summed E-state index contributed by atoms with van der Waals surface area (Å²) in [5.41, 5.74) is 5.83. The first kappa shape index (κ1) is 21.9. The Balaban J connectivity index is 1.68. The van der Waals surface area contributed by atoms with E-state index < -0.39 is 5.54 Å². The average Bonchev–Trinajstić information content (AvgIpc) is 3.40. The minimum Gasteiger partial charge on any atom is -0.496 e. The summed E-state index contributed by atoms with van der Waals surface area (Å²) >= 11 is 0. The van der Waals surface area contributed by atoms with E-state index in [1.807, 2.05) is 32.0 Å². The highest BCUT2D eigenvalue weighted by molar-refractivity contribution is 5.96. The summed E-state index contributed by atoms with van der Waals surface area (Å²) in [5.74, 6) is 1.07. The summed E-state index contributed by atoms with van der Waals surface area (Å²) in [6.45, 7) is 9.18. The summed E-state index contributed by atoms with van der Waals surface area (Å²) in [6, 6.07) is 8.34. The van der Waals surface area contributed by atoms with Crippen LogP contribution in [0.2, 0.25) is 0 Å². The van der Waals surface area contributed by atoms with Crippen LogP contribution in [0.3, 0.4) is 0 Å². The lowest BCUT2D eigenvalue weighted by atomic mass is 9.88. The van der Waals surface area contributed by atoms with Crippen molar-refractivity contribution in [2.75, 3.05) is 13.7 Å². The second-order valence-electron chi connectivity index (χ2n) is 9.34. The van der Waals surface area contributed by atoms with E-state index in [-0.39, 0.29) is 5.91 Å². The molecular formula is C25H27N7O2. The first-order valence-corrected chi connectivity index (χ1v) is 11.3. The van der Waals surface area contributed by atoms with Gasteiger partial charge in [0.2, 0.25) is 5.82 Å². The van der Waals surface area contributed by atoms with Crippen molar-refractivity contribution in [3.63, 3.8) is 0 Å². The summed E-state index contributed by atoms with van der Waals surface area (Å²) in [6.07, 6.45) is 2.10. The number of benzene rings is 1. The lowest BCUT2D eigenvalue weighted by Crippen LogP contribution is -2.59. The first-order valence-electron chi connectivity index (χ1n) is 11.3. The van der Waals surface area contributed by atoms with Gasteiger partial charge in [-0.15, -0.1) is 10.2 Å². The van der Waals surface area contributed by atoms with E-state index in [2.05, 4.69) is 32.6 Å². The van der Waals surface area contributed by atoms with Crippen molar-refractivity contribution >= 4 is 5.91 Å². The van der Waals surface area contributed by atoms with Gasteiger partial charge in [-0.3, -0.25) is 4.79 Å². The number of nitrogens with zero attached hydrogens (tertiary/aromatic N) is 7. The zero-order chi connectivity index (χ0) is 24.2. The number of likely N-dealkylation sites (tertiary alicyclic amines) is 1. The van der Waals surface area contributed by atoms with E-state index in [0.717, 1.165) is 39.9 Å². The largest absolute Gasteiger partial charge is 0.496 e. The zero-order valence-corrected chi connectivity index (χ0v) is 19.9. The van der Waals surface area contributed by atoms with E-state index in [0.29, 0.717) is 43.2 Å². The van der Waals surface area contributed by atoms with Crippen molar-refractivity contribution in [2.45, 2.75) is 45.2 Å². The van der Waals surface area contributed by atoms with E-state index in [9.17, 15) is 10.1 Å². The van der Waals surface area contributed by atoms with Gasteiger partial charge in [-0.05, 0) is 61.2 Å². The van der Waals surface area contributed by atoms with E-state index in [1.54, 1.807) is 19.1 Å². The predicted octanol–water partition coefficient (Wildman–Crippen LogP) is 3.16. The van der Waals surface area contributed by atoms with Crippen molar-refractivity contribution in [1.29, 1.82) is 5.26 Å². The van der Waals surface area contributed by atoms with E-state index >= 15 is 0 Å². The van der Waals surface area contributed by atoms with Gasteiger partial charge < -0.3 is 14.2 Å². The number of rotatable bonds is 5. The number of nitriles is 1. The molecule has 0 radical (unpaired) electrons. The normalized spacial score (nSPS) is 18.5. The van der Waals surface area contributed by atoms with Crippen LogP contribution in [-0.4, -0.2) is 54.8 Å². The lowest BCUT2D eigenvalue weighted by Gasteiger charge is -2.45. The molecule has 0 N–H and O–H groups in total. The maximum Gasteiger partial charge on any atom is 0.271 e. The van der Waals surface area contributed by atoms with Crippen molar-refractivity contribution < 1.29 is 9.53 Å². The van der Waals surface area contributed by atoms with Gasteiger partial charge in [0.05, 0.1) is 31.5 Å². The minimum atomic E-state index is -0.749. The van der Waals surface area contributed by atoms with Crippen LogP contribution in [-0.2, 0) is 26.4 Å². The molecule has 4 heterocycles. The molecule has 2 aliphatic rings. The van der Waals surface area contributed by atoms with Crippen LogP contribution in [0.25, 0.3) is 22.6 Å². The van der Waals surface area contributed by atoms with Crippen LogP contribution >= 0.6 is 0 Å². The highest BCUT2D eigenvalue weighted by atomic mass is 16.5. The van der Waals surface area contributed by atoms with Crippen molar-refractivity contribution in [3.05, 3.63) is 47.2 Å². The van der Waals surface area contributed by atoms with Gasteiger partial charge in [0.15, 0.2) is 0 Å². The van der Waals surface area contributed by atoms with Gasteiger partial charge in [0.25, 0.3) is 5.91 Å². The Bertz CT molecular complexity index is 1380. The highest BCUT2D eigenvalue weighted by Crippen LogP contribution is 2.42. The van der Waals surface area contributed by atoms with Crippen molar-refractivity contribution in [2.24, 2.45) is 7.05 Å². The van der Waals surface area contributed by atoms with Crippen LogP contribution in [0.4, 0.5) is 0 Å². The topological polar surface area (TPSA) is 102 Å². The smallest absolute Gasteiger partial charge is 0.271 e. The molecular weight excluding hydrogens is 430 g/mol. The maximum atomic E-state index is 13.6. The summed E-state index contributed by atoms with van der Waals surface area (Å²) in [5, 5.41) is 22.1. The Morgan fingerprint density at radius 1 is 1.29 bits per heavy atom. The number of allylic oxidation sites excluding steroid dienone is 1. The van der Waals surface area contributed by atoms with Crippen LogP contribution in [0.5, 0.6) is 5.75 Å². The maximum absolute atomic E-state index is 13.6. The molecule has 5 rings (SSSR count). The molecule has 2 aromatic heterocycles. The molecule has 174 valence electrons. The Hall–Kier alpha value is -3.93. The second-order valence-corrected chi connectivity index (χ2v) is 9.34. The molecule has 9 heteroatoms. The fourth-order valence-electron chi connectivity index (χ4n) is 4.95. The average molecular weight is 458 g/mol. The van der Waals surface area contributed by atoms with Gasteiger partial charge in [0, 0.05) is 25.1 Å². The number of carbonyl (C=O) groups excluding carboxylic acids is 1. The quantitative estimate of drug-likeness (QED) is 0.546. The number of fused-ring (bicyclic) bond motifs is 3. The predicted molar refractivity (Wildman–Crippen MR) is 126 cm³/mol. The molecule has 1 fully saturated rings. The van der Waals surface area contributed by atoms with Gasteiger partial charge in [-0.1, -0.05) is 12.2 Å². The molecule has 0 saturated carbocycles. The van der Waals surface area contributed by atoms with Gasteiger partial charge in [0.1, 0.15) is 17.0 Å². The Morgan fingerprint density at radius 3 is 2.68 bits per heavy atom. The standard InChI is InChI=1S/C25H27N7O2/c1-15(2)10-17-11-20(24(33)32-9-7-25(32,3)14-26)31-8-6-16-12-21(34-5)19(13-18(16)22(17)31)23-27-29-30(4)28-23/h11-13H,1,6-10H2,2-5H3/t25-/m1/s1. The number of ether oxygens (including phenoxy) is 1. The molecule has 0 bridgehead atoms. The fourth-order valence-corrected chi connectivity index (χ4v) is 4.95. The van der Waals surface area contributed by atoms with E-state index in [1.165, 1.54) is 4.80 Å². The molecule has 34 heavy (non-hydrogen) atoms. The fraction of sp³-hybridized carbons (Fsp3) is 0.400. The minimum absolute atomic E-state index is 0.0997. The number of tetrazole rings is 1. The van der Waals surface area contributed by atoms with Crippen LogP contribution in [0.15, 0.2) is 30.4 Å². The number of aryl methyl sites for hydroxylation is 2. The molecule has 9 nitrogen and oxygen atoms in total. The summed E-state index contributed by atoms with van der Waals surface area (Å²) in [4.78, 5) is 16.7. The number of methoxy groups -OCH3 is 1. The number of carbonyl (C=O) groups is 1. The molecule has 2 aliphatic heterocycles. The molecule has 0 aliphatic carbocycles. The monoisotopic (exact) mass is 457 g/mol. The van der Waals surface area contributed by atoms with Crippen LogP contribution in [0.1, 0.15) is 41.9 Å². The van der Waals surface area contributed by atoms with Gasteiger partial charge >= 0.3 is 0 Å². The highest BCUT2D eigenvalue weighted by Gasteiger charge is 2.45. The third-order valence-corrected chi connectivity index (χ3v) is 6.83. The Labute approximate surface area is 198 Å². The van der Waals surface area contributed by atoms with Crippen molar-refractivity contribution in [3.8, 4) is 34.5 Å². The number of amides is 1. The first-order chi connectivity index (χ1) is 16.3. The molecule has 1 saturated heterocycles. The molecule has 3 aromatic rings. The number of aromatic nitrogens is 5. The van der Waals surface area contributed by atoms with Crippen LogP contribution in [0, 0.1) is 11.3 Å². The summed E-state index contributed by atoms with van der Waals surface area (Å²) < 4.78 is 7.76. The summed E-state index contributed by atoms with van der Waals surface area (Å²) in [7, 11) is 3.36. The Kier molecular flexibility index (Phi) is 5.04. The number of hydrogen-bond donors (Lipinski definition) is 0. The Morgan fingerprint density at radius 2 is 2.09 bits per heavy atom. The lowest BCUT2D eigenvalue weighted by molar-refractivity contribution is 0.0294.